The van der Waals surface area contributed by atoms with Crippen LogP contribution in [0, 0.1) is 6.92 Å². The van der Waals surface area contributed by atoms with Crippen molar-refractivity contribution in [2.45, 2.75) is 38.6 Å². The first-order chi connectivity index (χ1) is 7.07. The maximum atomic E-state index is 11.2. The number of hydrogen-bond acceptors (Lipinski definition) is 3. The fourth-order valence-corrected chi connectivity index (χ4v) is 1.99. The molecular weight excluding hydrogens is 190 g/mol. The first-order valence-electron chi connectivity index (χ1n) is 5.17. The maximum absolute atomic E-state index is 11.2. The number of amides is 1. The van der Waals surface area contributed by atoms with Gasteiger partial charge >= 0.3 is 0 Å². The Morgan fingerprint density at radius 2 is 2.40 bits per heavy atom. The van der Waals surface area contributed by atoms with E-state index in [0.29, 0.717) is 6.42 Å². The average Bonchev–Trinajstić information content (AvgIpc) is 2.45. The summed E-state index contributed by atoms with van der Waals surface area (Å²) in [7, 11) is 0. The van der Waals surface area contributed by atoms with Crippen molar-refractivity contribution in [2.75, 3.05) is 0 Å². The van der Waals surface area contributed by atoms with Gasteiger partial charge < -0.3 is 5.32 Å². The third-order valence-corrected chi connectivity index (χ3v) is 2.75. The molecule has 1 amide bonds. The van der Waals surface area contributed by atoms with E-state index >= 15 is 0 Å². The van der Waals surface area contributed by atoms with Crippen molar-refractivity contribution in [3.63, 3.8) is 0 Å². The van der Waals surface area contributed by atoms with Crippen molar-refractivity contribution < 1.29 is 4.79 Å². The van der Waals surface area contributed by atoms with E-state index in [2.05, 4.69) is 22.2 Å². The number of rotatable bonds is 2. The highest BCUT2D eigenvalue weighted by Gasteiger charge is 2.33. The number of carbonyl (C=O) groups excluding carboxylic acids is 1. The Labute approximate surface area is 89.1 Å². The zero-order valence-electron chi connectivity index (χ0n) is 9.08. The molecule has 4 heteroatoms. The molecule has 1 saturated heterocycles. The van der Waals surface area contributed by atoms with Crippen LogP contribution in [0.5, 0.6) is 0 Å². The molecule has 1 aliphatic heterocycles. The number of aryl methyl sites for hydroxylation is 1. The van der Waals surface area contributed by atoms with Gasteiger partial charge in [0.05, 0.1) is 0 Å². The Morgan fingerprint density at radius 1 is 1.60 bits per heavy atom. The van der Waals surface area contributed by atoms with E-state index in [-0.39, 0.29) is 11.4 Å². The Bertz CT molecular complexity index is 391. The Balaban J connectivity index is 2.11. The van der Waals surface area contributed by atoms with Crippen LogP contribution in [0.2, 0.25) is 0 Å². The Morgan fingerprint density at radius 3 is 3.00 bits per heavy atom. The van der Waals surface area contributed by atoms with Crippen LogP contribution >= 0.6 is 0 Å². The SMILES string of the molecule is Cc1nccc(CC2(C)CCC(=O)N2)n1. The third kappa shape index (κ3) is 2.32. The van der Waals surface area contributed by atoms with E-state index in [1.54, 1.807) is 6.20 Å². The Kier molecular flexibility index (Phi) is 2.42. The molecule has 0 saturated carbocycles. The topological polar surface area (TPSA) is 54.9 Å². The van der Waals surface area contributed by atoms with Gasteiger partial charge in [-0.25, -0.2) is 9.97 Å². The first kappa shape index (κ1) is 10.1. The van der Waals surface area contributed by atoms with Crippen LogP contribution in [0.1, 0.15) is 31.3 Å². The minimum atomic E-state index is -0.127. The summed E-state index contributed by atoms with van der Waals surface area (Å²) in [5.74, 6) is 0.920. The molecule has 80 valence electrons. The van der Waals surface area contributed by atoms with Gasteiger partial charge in [0.2, 0.25) is 5.91 Å². The maximum Gasteiger partial charge on any atom is 0.220 e. The minimum absolute atomic E-state index is 0.127. The molecule has 0 aromatic carbocycles. The molecular formula is C11H15N3O. The first-order valence-corrected chi connectivity index (χ1v) is 5.17. The summed E-state index contributed by atoms with van der Waals surface area (Å²) >= 11 is 0. The molecule has 0 bridgehead atoms. The molecule has 1 fully saturated rings. The van der Waals surface area contributed by atoms with Crippen molar-refractivity contribution in [3.8, 4) is 0 Å². The van der Waals surface area contributed by atoms with Gasteiger partial charge in [-0.05, 0) is 26.3 Å². The predicted octanol–water partition coefficient (Wildman–Crippen LogP) is 0.996. The molecule has 0 aliphatic carbocycles. The number of nitrogens with zero attached hydrogens (tertiary/aromatic N) is 2. The van der Waals surface area contributed by atoms with E-state index < -0.39 is 0 Å². The fraction of sp³-hybridized carbons (Fsp3) is 0.545. The zero-order chi connectivity index (χ0) is 10.9. The van der Waals surface area contributed by atoms with Crippen molar-refractivity contribution in [1.29, 1.82) is 0 Å². The molecule has 15 heavy (non-hydrogen) atoms. The molecule has 0 spiro atoms. The van der Waals surface area contributed by atoms with Crippen molar-refractivity contribution in [1.82, 2.24) is 15.3 Å². The highest BCUT2D eigenvalue weighted by Crippen LogP contribution is 2.23. The smallest absolute Gasteiger partial charge is 0.220 e. The summed E-state index contributed by atoms with van der Waals surface area (Å²) in [5.41, 5.74) is 0.866. The van der Waals surface area contributed by atoms with Crippen LogP contribution < -0.4 is 5.32 Å². The van der Waals surface area contributed by atoms with E-state index in [9.17, 15) is 4.79 Å². The molecule has 1 aromatic rings. The second-order valence-corrected chi connectivity index (χ2v) is 4.38. The van der Waals surface area contributed by atoms with Gasteiger partial charge in [-0.15, -0.1) is 0 Å². The van der Waals surface area contributed by atoms with Gasteiger partial charge in [0.25, 0.3) is 0 Å². The lowest BCUT2D eigenvalue weighted by atomic mass is 9.94. The van der Waals surface area contributed by atoms with Gasteiger partial charge in [0.15, 0.2) is 0 Å². The number of aromatic nitrogens is 2. The van der Waals surface area contributed by atoms with Gasteiger partial charge in [-0.1, -0.05) is 0 Å². The van der Waals surface area contributed by atoms with Crippen LogP contribution in [0.3, 0.4) is 0 Å². The van der Waals surface area contributed by atoms with Crippen molar-refractivity contribution >= 4 is 5.91 Å². The summed E-state index contributed by atoms with van der Waals surface area (Å²) < 4.78 is 0. The van der Waals surface area contributed by atoms with Gasteiger partial charge in [0, 0.05) is 30.3 Å². The molecule has 1 aromatic heterocycles. The van der Waals surface area contributed by atoms with Crippen LogP contribution in [0.25, 0.3) is 0 Å². The van der Waals surface area contributed by atoms with Gasteiger partial charge in [-0.3, -0.25) is 4.79 Å². The largest absolute Gasteiger partial charge is 0.351 e. The van der Waals surface area contributed by atoms with Crippen LogP contribution in [0.4, 0.5) is 0 Å². The fourth-order valence-electron chi connectivity index (χ4n) is 1.99. The molecule has 2 heterocycles. The second-order valence-electron chi connectivity index (χ2n) is 4.38. The average molecular weight is 205 g/mol. The number of hydrogen-bond donors (Lipinski definition) is 1. The lowest BCUT2D eigenvalue weighted by Gasteiger charge is -2.23. The van der Waals surface area contributed by atoms with E-state index in [4.69, 9.17) is 0 Å². The van der Waals surface area contributed by atoms with Crippen LogP contribution in [0.15, 0.2) is 12.3 Å². The van der Waals surface area contributed by atoms with Crippen molar-refractivity contribution in [3.05, 3.63) is 23.8 Å². The monoisotopic (exact) mass is 205 g/mol. The van der Waals surface area contributed by atoms with E-state index in [1.165, 1.54) is 0 Å². The lowest BCUT2D eigenvalue weighted by molar-refractivity contribution is -0.119. The summed E-state index contributed by atoms with van der Waals surface area (Å²) in [6, 6.07) is 1.91. The standard InChI is InChI=1S/C11H15N3O/c1-8-12-6-4-9(13-8)7-11(2)5-3-10(15)14-11/h4,6H,3,5,7H2,1-2H3,(H,14,15). The molecule has 1 aliphatic rings. The predicted molar refractivity (Wildman–Crippen MR) is 56.3 cm³/mol. The van der Waals surface area contributed by atoms with Crippen molar-refractivity contribution in [2.24, 2.45) is 0 Å². The van der Waals surface area contributed by atoms with E-state index in [0.717, 1.165) is 24.4 Å². The molecule has 4 nitrogen and oxygen atoms in total. The number of nitrogens with one attached hydrogen (secondary N) is 1. The minimum Gasteiger partial charge on any atom is -0.351 e. The van der Waals surface area contributed by atoms with E-state index in [1.807, 2.05) is 13.0 Å². The summed E-state index contributed by atoms with van der Waals surface area (Å²) in [6.45, 7) is 3.94. The normalized spacial score (nSPS) is 25.3. The molecule has 1 atom stereocenters. The summed E-state index contributed by atoms with van der Waals surface area (Å²) in [4.78, 5) is 19.6. The molecule has 1 N–H and O–H groups in total. The van der Waals surface area contributed by atoms with Gasteiger partial charge in [-0.2, -0.15) is 0 Å². The highest BCUT2D eigenvalue weighted by atomic mass is 16.2. The summed E-state index contributed by atoms with van der Waals surface area (Å²) in [5, 5.41) is 3.00. The quantitative estimate of drug-likeness (QED) is 0.783. The molecule has 0 radical (unpaired) electrons. The lowest BCUT2D eigenvalue weighted by Crippen LogP contribution is -2.40. The zero-order valence-corrected chi connectivity index (χ0v) is 9.08. The Hall–Kier alpha value is -1.45. The number of carbonyl (C=O) groups is 1. The summed E-state index contributed by atoms with van der Waals surface area (Å²) in [6.07, 6.45) is 4.05. The second kappa shape index (κ2) is 3.61. The van der Waals surface area contributed by atoms with Crippen LogP contribution in [-0.4, -0.2) is 21.4 Å². The third-order valence-electron chi connectivity index (χ3n) is 2.75. The molecule has 1 unspecified atom stereocenters. The van der Waals surface area contributed by atoms with Crippen LogP contribution in [-0.2, 0) is 11.2 Å². The highest BCUT2D eigenvalue weighted by molar-refractivity contribution is 5.79. The molecule has 2 rings (SSSR count). The van der Waals surface area contributed by atoms with Gasteiger partial charge in [0.1, 0.15) is 5.82 Å².